The van der Waals surface area contributed by atoms with Crippen molar-refractivity contribution in [3.63, 3.8) is 0 Å². The molecule has 2 fully saturated rings. The topological polar surface area (TPSA) is 95.1 Å². The maximum Gasteiger partial charge on any atom is 0.243 e. The zero-order valence-corrected chi connectivity index (χ0v) is 17.9. The molecule has 2 aromatic rings. The van der Waals surface area contributed by atoms with Gasteiger partial charge in [0.05, 0.1) is 11.4 Å². The second-order valence-corrected chi connectivity index (χ2v) is 10.0. The second kappa shape index (κ2) is 8.68. The number of aliphatic imine (C=N–C) groups is 1. The Bertz CT molecular complexity index is 930. The van der Waals surface area contributed by atoms with E-state index in [0.29, 0.717) is 30.5 Å². The van der Waals surface area contributed by atoms with E-state index in [9.17, 15) is 8.42 Å². The Morgan fingerprint density at radius 1 is 1.07 bits per heavy atom. The van der Waals surface area contributed by atoms with Gasteiger partial charge >= 0.3 is 0 Å². The normalized spacial score (nSPS) is 19.1. The Hall–Kier alpha value is -2.17. The van der Waals surface area contributed by atoms with Crippen LogP contribution in [0.1, 0.15) is 18.4 Å². The summed E-state index contributed by atoms with van der Waals surface area (Å²) in [6, 6.07) is 6.98. The summed E-state index contributed by atoms with van der Waals surface area (Å²) < 4.78 is 26.7. The van der Waals surface area contributed by atoms with Crippen LogP contribution >= 0.6 is 11.3 Å². The third-order valence-electron chi connectivity index (χ3n) is 5.34. The van der Waals surface area contributed by atoms with E-state index >= 15 is 0 Å². The van der Waals surface area contributed by atoms with E-state index in [1.165, 1.54) is 0 Å². The van der Waals surface area contributed by atoms with Crippen LogP contribution in [0.3, 0.4) is 0 Å². The summed E-state index contributed by atoms with van der Waals surface area (Å²) in [5.74, 6) is 0.526. The SMILES string of the molecule is NC(=NCc1ccc(S(=O)(=O)N2CCCC2)cc1)N1CCN(c2nccs2)CC1. The molecule has 3 heterocycles. The molecule has 0 unspecified atom stereocenters. The van der Waals surface area contributed by atoms with E-state index in [-0.39, 0.29) is 0 Å². The largest absolute Gasteiger partial charge is 0.370 e. The van der Waals surface area contributed by atoms with Crippen LogP contribution in [0.4, 0.5) is 5.13 Å². The van der Waals surface area contributed by atoms with E-state index in [0.717, 1.165) is 49.7 Å². The molecule has 2 aliphatic rings. The number of nitrogens with zero attached hydrogens (tertiary/aromatic N) is 5. The monoisotopic (exact) mass is 434 g/mol. The summed E-state index contributed by atoms with van der Waals surface area (Å²) in [7, 11) is -3.37. The van der Waals surface area contributed by atoms with Gasteiger partial charge in [-0.15, -0.1) is 11.3 Å². The number of guanidine groups is 1. The number of nitrogens with two attached hydrogens (primary N) is 1. The number of piperazine rings is 1. The van der Waals surface area contributed by atoms with Gasteiger partial charge in [0, 0.05) is 50.8 Å². The quantitative estimate of drug-likeness (QED) is 0.567. The van der Waals surface area contributed by atoms with E-state index in [1.807, 2.05) is 23.7 Å². The lowest BCUT2D eigenvalue weighted by Gasteiger charge is -2.35. The number of rotatable bonds is 5. The average Bonchev–Trinajstić information content (AvgIpc) is 3.47. The highest BCUT2D eigenvalue weighted by atomic mass is 32.2. The third-order valence-corrected chi connectivity index (χ3v) is 8.09. The third kappa shape index (κ3) is 4.54. The van der Waals surface area contributed by atoms with Gasteiger partial charge in [0.25, 0.3) is 0 Å². The lowest BCUT2D eigenvalue weighted by Crippen LogP contribution is -2.51. The molecule has 1 aromatic heterocycles. The first-order valence-corrected chi connectivity index (χ1v) is 12.1. The van der Waals surface area contributed by atoms with E-state index in [2.05, 4.69) is 19.8 Å². The van der Waals surface area contributed by atoms with Crippen molar-refractivity contribution >= 4 is 32.5 Å². The summed E-state index contributed by atoms with van der Waals surface area (Å²) >= 11 is 1.65. The standard InChI is InChI=1S/C19H26N6O2S2/c20-18(23-10-12-24(13-11-23)19-21-7-14-28-19)22-15-16-3-5-17(6-4-16)29(26,27)25-8-1-2-9-25/h3-7,14H,1-2,8-13,15H2,(H2,20,22). The molecule has 8 nitrogen and oxygen atoms in total. The maximum absolute atomic E-state index is 12.6. The Kier molecular flexibility index (Phi) is 6.02. The summed E-state index contributed by atoms with van der Waals surface area (Å²) in [4.78, 5) is 13.5. The van der Waals surface area contributed by atoms with Crippen molar-refractivity contribution in [3.05, 3.63) is 41.4 Å². The molecule has 10 heteroatoms. The van der Waals surface area contributed by atoms with E-state index < -0.39 is 10.0 Å². The van der Waals surface area contributed by atoms with E-state index in [4.69, 9.17) is 5.73 Å². The van der Waals surface area contributed by atoms with Gasteiger partial charge in [0.1, 0.15) is 0 Å². The Morgan fingerprint density at radius 2 is 1.76 bits per heavy atom. The highest BCUT2D eigenvalue weighted by molar-refractivity contribution is 7.89. The summed E-state index contributed by atoms with van der Waals surface area (Å²) in [5, 5.41) is 3.03. The van der Waals surface area contributed by atoms with Crippen LogP contribution in [0, 0.1) is 0 Å². The molecule has 0 spiro atoms. The first kappa shape index (κ1) is 20.1. The maximum atomic E-state index is 12.6. The van der Waals surface area contributed by atoms with Crippen molar-refractivity contribution in [3.8, 4) is 0 Å². The van der Waals surface area contributed by atoms with Crippen LogP contribution in [-0.4, -0.2) is 67.8 Å². The van der Waals surface area contributed by atoms with Crippen molar-refractivity contribution in [2.75, 3.05) is 44.2 Å². The number of hydrogen-bond acceptors (Lipinski definition) is 6. The highest BCUT2D eigenvalue weighted by Crippen LogP contribution is 2.21. The van der Waals surface area contributed by atoms with Gasteiger partial charge in [0.2, 0.25) is 10.0 Å². The van der Waals surface area contributed by atoms with Crippen molar-refractivity contribution in [1.82, 2.24) is 14.2 Å². The Labute approximate surface area is 175 Å². The molecule has 0 amide bonds. The molecule has 4 rings (SSSR count). The molecule has 1 aromatic carbocycles. The zero-order chi connectivity index (χ0) is 20.3. The Balaban J connectivity index is 1.33. The van der Waals surface area contributed by atoms with Gasteiger partial charge in [-0.05, 0) is 30.5 Å². The van der Waals surface area contributed by atoms with E-state index in [1.54, 1.807) is 27.8 Å². The van der Waals surface area contributed by atoms with Crippen molar-refractivity contribution in [1.29, 1.82) is 0 Å². The molecular weight excluding hydrogens is 408 g/mol. The molecule has 2 N–H and O–H groups in total. The molecule has 2 aliphatic heterocycles. The lowest BCUT2D eigenvalue weighted by atomic mass is 10.2. The van der Waals surface area contributed by atoms with Crippen LogP contribution in [0.5, 0.6) is 0 Å². The van der Waals surface area contributed by atoms with Crippen LogP contribution in [0.25, 0.3) is 0 Å². The molecule has 156 valence electrons. The molecule has 0 saturated carbocycles. The van der Waals surface area contributed by atoms with Crippen LogP contribution < -0.4 is 10.6 Å². The summed E-state index contributed by atoms with van der Waals surface area (Å²) in [5.41, 5.74) is 7.12. The first-order chi connectivity index (χ1) is 14.0. The summed E-state index contributed by atoms with van der Waals surface area (Å²) in [6.45, 7) is 5.01. The number of aromatic nitrogens is 1. The second-order valence-electron chi connectivity index (χ2n) is 7.22. The van der Waals surface area contributed by atoms with Gasteiger partial charge in [-0.3, -0.25) is 0 Å². The van der Waals surface area contributed by atoms with Gasteiger partial charge in [-0.2, -0.15) is 4.31 Å². The number of anilines is 1. The Morgan fingerprint density at radius 3 is 2.38 bits per heavy atom. The molecule has 0 bridgehead atoms. The molecule has 0 atom stereocenters. The smallest absolute Gasteiger partial charge is 0.243 e. The number of benzene rings is 1. The van der Waals surface area contributed by atoms with Gasteiger partial charge < -0.3 is 15.5 Å². The van der Waals surface area contributed by atoms with Crippen LogP contribution in [0.2, 0.25) is 0 Å². The van der Waals surface area contributed by atoms with Crippen molar-refractivity contribution in [2.45, 2.75) is 24.3 Å². The fourth-order valence-corrected chi connectivity index (χ4v) is 5.83. The first-order valence-electron chi connectivity index (χ1n) is 9.82. The van der Waals surface area contributed by atoms with Crippen molar-refractivity contribution < 1.29 is 8.42 Å². The minimum absolute atomic E-state index is 0.346. The van der Waals surface area contributed by atoms with Gasteiger partial charge in [0.15, 0.2) is 11.1 Å². The van der Waals surface area contributed by atoms with Crippen LogP contribution in [0.15, 0.2) is 45.7 Å². The van der Waals surface area contributed by atoms with Crippen LogP contribution in [-0.2, 0) is 16.6 Å². The highest BCUT2D eigenvalue weighted by Gasteiger charge is 2.27. The number of sulfonamides is 1. The summed E-state index contributed by atoms with van der Waals surface area (Å²) in [6.07, 6.45) is 3.69. The predicted molar refractivity (Wildman–Crippen MR) is 116 cm³/mol. The fourth-order valence-electron chi connectivity index (χ4n) is 3.62. The average molecular weight is 435 g/mol. The number of hydrogen-bond donors (Lipinski definition) is 1. The van der Waals surface area contributed by atoms with Gasteiger partial charge in [-0.1, -0.05) is 12.1 Å². The fraction of sp³-hybridized carbons (Fsp3) is 0.474. The number of thiazole rings is 1. The lowest BCUT2D eigenvalue weighted by molar-refractivity contribution is 0.380. The van der Waals surface area contributed by atoms with Gasteiger partial charge in [-0.25, -0.2) is 18.4 Å². The minimum atomic E-state index is -3.37. The molecule has 2 saturated heterocycles. The molecular formula is C19H26N6O2S2. The molecule has 0 radical (unpaired) electrons. The molecule has 29 heavy (non-hydrogen) atoms. The van der Waals surface area contributed by atoms with Crippen molar-refractivity contribution in [2.24, 2.45) is 10.7 Å². The molecule has 0 aliphatic carbocycles. The predicted octanol–water partition coefficient (Wildman–Crippen LogP) is 1.56. The minimum Gasteiger partial charge on any atom is -0.370 e. The zero-order valence-electron chi connectivity index (χ0n) is 16.3.